The zero-order chi connectivity index (χ0) is 64.2. The summed E-state index contributed by atoms with van der Waals surface area (Å²) in [6.07, 6.45) is 101. The average Bonchev–Trinajstić information content (AvgIpc) is 3.55. The summed E-state index contributed by atoms with van der Waals surface area (Å²) in [4.78, 5) is 24.7. The lowest BCUT2D eigenvalue weighted by Crippen LogP contribution is -2.45. The van der Waals surface area contributed by atoms with Crippen LogP contribution in [0, 0.1) is 0 Å². The number of ether oxygens (including phenoxy) is 1. The van der Waals surface area contributed by atoms with Crippen molar-refractivity contribution in [3.63, 3.8) is 0 Å². The van der Waals surface area contributed by atoms with Crippen molar-refractivity contribution >= 4 is 11.9 Å². The number of rotatable bonds is 78. The van der Waals surface area contributed by atoms with Gasteiger partial charge in [-0.25, -0.2) is 0 Å². The molecule has 6 nitrogen and oxygen atoms in total. The molecule has 0 saturated heterocycles. The molecular weight excluding hydrogens is 1090 g/mol. The Morgan fingerprint density at radius 3 is 0.854 bits per heavy atom. The van der Waals surface area contributed by atoms with Gasteiger partial charge in [0.15, 0.2) is 0 Å². The van der Waals surface area contributed by atoms with Crippen molar-refractivity contribution in [3.8, 4) is 0 Å². The van der Waals surface area contributed by atoms with Crippen LogP contribution in [0.15, 0.2) is 24.3 Å². The number of unbranched alkanes of at least 4 members (excludes halogenated alkanes) is 63. The van der Waals surface area contributed by atoms with Crippen molar-refractivity contribution in [2.75, 3.05) is 13.2 Å². The van der Waals surface area contributed by atoms with Crippen molar-refractivity contribution in [3.05, 3.63) is 24.3 Å². The SMILES string of the molecule is CCCCCCCCCCCCCCCCCCCCCCCCCC(O)C(CO)NC(=O)CCCCCCCCCCCCCCCCC/C=C\C/C=C\CCCCCCCCCCCOC(=O)CCCCCCCCCCCCCCCCCCCC. The zero-order valence-corrected chi connectivity index (χ0v) is 60.7. The first-order chi connectivity index (χ1) is 44.0. The van der Waals surface area contributed by atoms with Gasteiger partial charge in [0.1, 0.15) is 0 Å². The molecule has 0 bridgehead atoms. The molecule has 0 aromatic heterocycles. The third kappa shape index (κ3) is 75.3. The van der Waals surface area contributed by atoms with Gasteiger partial charge in [-0.05, 0) is 57.8 Å². The molecule has 0 spiro atoms. The lowest BCUT2D eigenvalue weighted by Gasteiger charge is -2.22. The number of carbonyl (C=O) groups excluding carboxylic acids is 2. The summed E-state index contributed by atoms with van der Waals surface area (Å²) in [6, 6.07) is -0.542. The van der Waals surface area contributed by atoms with Crippen molar-refractivity contribution in [1.29, 1.82) is 0 Å². The van der Waals surface area contributed by atoms with E-state index in [4.69, 9.17) is 4.74 Å². The van der Waals surface area contributed by atoms with Gasteiger partial charge in [0.05, 0.1) is 25.4 Å². The Hall–Kier alpha value is -1.66. The predicted molar refractivity (Wildman–Crippen MR) is 393 cm³/mol. The van der Waals surface area contributed by atoms with Gasteiger partial charge in [-0.3, -0.25) is 9.59 Å². The highest BCUT2D eigenvalue weighted by Gasteiger charge is 2.20. The minimum atomic E-state index is -0.665. The molecule has 0 fully saturated rings. The van der Waals surface area contributed by atoms with Gasteiger partial charge in [-0.1, -0.05) is 423 Å². The Morgan fingerprint density at radius 1 is 0.315 bits per heavy atom. The van der Waals surface area contributed by atoms with Crippen LogP contribution < -0.4 is 5.32 Å². The number of esters is 1. The van der Waals surface area contributed by atoms with Gasteiger partial charge in [0.25, 0.3) is 0 Å². The summed E-state index contributed by atoms with van der Waals surface area (Å²) in [5, 5.41) is 23.5. The van der Waals surface area contributed by atoms with Crippen molar-refractivity contribution in [2.24, 2.45) is 0 Å². The van der Waals surface area contributed by atoms with Gasteiger partial charge in [0.2, 0.25) is 5.91 Å². The van der Waals surface area contributed by atoms with E-state index in [9.17, 15) is 19.8 Å². The monoisotopic (exact) mass is 1250 g/mol. The first-order valence-corrected chi connectivity index (χ1v) is 41.1. The fourth-order valence-corrected chi connectivity index (χ4v) is 13.3. The van der Waals surface area contributed by atoms with E-state index in [-0.39, 0.29) is 18.5 Å². The molecule has 0 aromatic carbocycles. The number of nitrogens with one attached hydrogen (secondary N) is 1. The summed E-state index contributed by atoms with van der Waals surface area (Å²) in [7, 11) is 0. The Labute approximate surface area is 558 Å². The quantitative estimate of drug-likeness (QED) is 0.0320. The van der Waals surface area contributed by atoms with Gasteiger partial charge in [-0.15, -0.1) is 0 Å². The molecule has 2 unspecified atom stereocenters. The summed E-state index contributed by atoms with van der Waals surface area (Å²) in [5.74, 6) is -0.00979. The van der Waals surface area contributed by atoms with Crippen LogP contribution in [-0.2, 0) is 14.3 Å². The van der Waals surface area contributed by atoms with Crippen LogP contribution in [-0.4, -0.2) is 47.4 Å². The lowest BCUT2D eigenvalue weighted by molar-refractivity contribution is -0.143. The normalized spacial score (nSPS) is 12.5. The summed E-state index contributed by atoms with van der Waals surface area (Å²) in [5.41, 5.74) is 0. The zero-order valence-electron chi connectivity index (χ0n) is 60.7. The highest BCUT2D eigenvalue weighted by molar-refractivity contribution is 5.76. The van der Waals surface area contributed by atoms with Crippen molar-refractivity contribution in [1.82, 2.24) is 5.32 Å². The van der Waals surface area contributed by atoms with Crippen LogP contribution in [0.25, 0.3) is 0 Å². The number of aliphatic hydroxyl groups excluding tert-OH is 2. The fraction of sp³-hybridized carbons (Fsp3) is 0.928. The van der Waals surface area contributed by atoms with E-state index >= 15 is 0 Å². The largest absolute Gasteiger partial charge is 0.466 e. The fourth-order valence-electron chi connectivity index (χ4n) is 13.3. The van der Waals surface area contributed by atoms with Gasteiger partial charge < -0.3 is 20.3 Å². The number of hydrogen-bond acceptors (Lipinski definition) is 5. The second-order valence-electron chi connectivity index (χ2n) is 28.5. The Bertz CT molecular complexity index is 1400. The maximum absolute atomic E-state index is 12.6. The maximum atomic E-state index is 12.6. The number of aliphatic hydroxyl groups is 2. The molecule has 528 valence electrons. The Balaban J connectivity index is 3.37. The molecule has 0 saturated carbocycles. The molecule has 6 heteroatoms. The Morgan fingerprint density at radius 2 is 0.562 bits per heavy atom. The topological polar surface area (TPSA) is 95.9 Å². The van der Waals surface area contributed by atoms with E-state index in [1.54, 1.807) is 0 Å². The summed E-state index contributed by atoms with van der Waals surface area (Å²) < 4.78 is 5.51. The van der Waals surface area contributed by atoms with Crippen LogP contribution in [0.3, 0.4) is 0 Å². The molecule has 0 heterocycles. The lowest BCUT2D eigenvalue weighted by atomic mass is 10.0. The number of amides is 1. The average molecular weight is 1250 g/mol. The molecule has 0 rings (SSSR count). The second-order valence-corrected chi connectivity index (χ2v) is 28.5. The standard InChI is InChI=1S/C83H161NO5/c1-3-5-7-9-11-13-15-17-19-21-23-24-34-37-40-43-47-51-55-59-63-67-71-75-81(86)80(79-85)84-82(87)76-72-68-64-60-56-52-48-44-41-38-35-32-30-28-26-25-27-29-31-33-36-39-42-46-50-54-58-62-66-70-74-78-89-83(88)77-73-69-65-61-57-53-49-45-22-20-18-16-14-12-10-8-6-4-2/h27,29,33,36,80-81,85-86H,3-26,28,30-32,34-35,37-79H2,1-2H3,(H,84,87)/b29-27-,36-33-. The van der Waals surface area contributed by atoms with Crippen molar-refractivity contribution in [2.45, 2.75) is 482 Å². The summed E-state index contributed by atoms with van der Waals surface area (Å²) in [6.45, 7) is 5.01. The second kappa shape index (κ2) is 78.8. The highest BCUT2D eigenvalue weighted by Crippen LogP contribution is 2.20. The van der Waals surface area contributed by atoms with Crippen molar-refractivity contribution < 1.29 is 24.5 Å². The molecule has 89 heavy (non-hydrogen) atoms. The van der Waals surface area contributed by atoms with Crippen LogP contribution in [0.1, 0.15) is 470 Å². The minimum Gasteiger partial charge on any atom is -0.466 e. The maximum Gasteiger partial charge on any atom is 0.305 e. The van der Waals surface area contributed by atoms with Gasteiger partial charge in [-0.2, -0.15) is 0 Å². The van der Waals surface area contributed by atoms with E-state index in [0.717, 1.165) is 44.9 Å². The minimum absolute atomic E-state index is 0.0188. The summed E-state index contributed by atoms with van der Waals surface area (Å²) >= 11 is 0. The molecule has 0 aromatic rings. The van der Waals surface area contributed by atoms with Gasteiger partial charge in [0, 0.05) is 12.8 Å². The molecule has 0 aliphatic rings. The smallest absolute Gasteiger partial charge is 0.305 e. The molecule has 1 amide bonds. The van der Waals surface area contributed by atoms with Crippen LogP contribution in [0.4, 0.5) is 0 Å². The van der Waals surface area contributed by atoms with Crippen LogP contribution >= 0.6 is 0 Å². The van der Waals surface area contributed by atoms with E-state index in [1.165, 1.54) is 392 Å². The first kappa shape index (κ1) is 87.3. The molecule has 2 atom stereocenters. The molecule has 3 N–H and O–H groups in total. The Kier molecular flexibility index (Phi) is 77.3. The van der Waals surface area contributed by atoms with Gasteiger partial charge >= 0.3 is 5.97 Å². The van der Waals surface area contributed by atoms with E-state index < -0.39 is 12.1 Å². The molecule has 0 radical (unpaired) electrons. The third-order valence-corrected chi connectivity index (χ3v) is 19.5. The number of allylic oxidation sites excluding steroid dienone is 4. The highest BCUT2D eigenvalue weighted by atomic mass is 16.5. The first-order valence-electron chi connectivity index (χ1n) is 41.1. The van der Waals surface area contributed by atoms with E-state index in [1.807, 2.05) is 0 Å². The van der Waals surface area contributed by atoms with Crippen LogP contribution in [0.5, 0.6) is 0 Å². The predicted octanol–water partition coefficient (Wildman–Crippen LogP) is 27.2. The number of hydrogen-bond donors (Lipinski definition) is 3. The third-order valence-electron chi connectivity index (χ3n) is 19.5. The van der Waals surface area contributed by atoms with E-state index in [0.29, 0.717) is 25.9 Å². The molecule has 0 aliphatic carbocycles. The van der Waals surface area contributed by atoms with E-state index in [2.05, 4.69) is 43.5 Å². The van der Waals surface area contributed by atoms with Crippen LogP contribution in [0.2, 0.25) is 0 Å². The molecule has 0 aliphatic heterocycles. The molecular formula is C83H161NO5. The number of carbonyl (C=O) groups is 2.